The molecule has 156 valence electrons. The number of hydrogen-bond donors (Lipinski definition) is 1. The van der Waals surface area contributed by atoms with Crippen molar-refractivity contribution >= 4 is 5.91 Å². The van der Waals surface area contributed by atoms with Crippen LogP contribution in [-0.2, 0) is 11.3 Å². The molecular formula is C23H30N2O4. The lowest BCUT2D eigenvalue weighted by molar-refractivity contribution is -0.127. The highest BCUT2D eigenvalue weighted by Gasteiger charge is 2.18. The molecule has 2 aromatic carbocycles. The number of hydrogen-bond acceptors (Lipinski definition) is 5. The van der Waals surface area contributed by atoms with Gasteiger partial charge in [-0.15, -0.1) is 0 Å². The van der Waals surface area contributed by atoms with E-state index in [0.29, 0.717) is 18.0 Å². The maximum atomic E-state index is 12.4. The molecule has 29 heavy (non-hydrogen) atoms. The summed E-state index contributed by atoms with van der Waals surface area (Å²) in [7, 11) is 3.72. The van der Waals surface area contributed by atoms with Gasteiger partial charge < -0.3 is 24.4 Å². The number of rotatable bonds is 8. The molecule has 6 heteroatoms. The van der Waals surface area contributed by atoms with Crippen LogP contribution in [-0.4, -0.2) is 50.3 Å². The van der Waals surface area contributed by atoms with E-state index in [2.05, 4.69) is 17.3 Å². The Labute approximate surface area is 172 Å². The molecule has 1 amide bonds. The van der Waals surface area contributed by atoms with Gasteiger partial charge in [0, 0.05) is 19.6 Å². The van der Waals surface area contributed by atoms with E-state index in [1.54, 1.807) is 26.2 Å². The van der Waals surface area contributed by atoms with Crippen molar-refractivity contribution in [3.05, 3.63) is 54.1 Å². The first kappa shape index (κ1) is 21.0. The van der Waals surface area contributed by atoms with Crippen molar-refractivity contribution in [3.63, 3.8) is 0 Å². The third kappa shape index (κ3) is 6.12. The van der Waals surface area contributed by atoms with Gasteiger partial charge in [0.25, 0.3) is 5.91 Å². The number of methoxy groups -OCH3 is 1. The van der Waals surface area contributed by atoms with E-state index >= 15 is 0 Å². The van der Waals surface area contributed by atoms with Crippen molar-refractivity contribution in [2.75, 3.05) is 27.2 Å². The number of carbonyl (C=O) groups is 1. The normalized spacial score (nSPS) is 16.1. The molecule has 2 aromatic rings. The van der Waals surface area contributed by atoms with E-state index in [4.69, 9.17) is 14.2 Å². The van der Waals surface area contributed by atoms with Crippen LogP contribution in [0.3, 0.4) is 0 Å². The highest BCUT2D eigenvalue weighted by molar-refractivity contribution is 5.80. The molecule has 1 N–H and O–H groups in total. The average molecular weight is 399 g/mol. The van der Waals surface area contributed by atoms with E-state index in [-0.39, 0.29) is 12.0 Å². The topological polar surface area (TPSA) is 60.0 Å². The zero-order chi connectivity index (χ0) is 20.6. The van der Waals surface area contributed by atoms with Crippen LogP contribution in [0, 0.1) is 0 Å². The smallest absolute Gasteiger partial charge is 0.261 e. The van der Waals surface area contributed by atoms with Crippen LogP contribution in [0.25, 0.3) is 0 Å². The molecule has 1 heterocycles. The van der Waals surface area contributed by atoms with Gasteiger partial charge in [0.05, 0.1) is 7.11 Å². The van der Waals surface area contributed by atoms with E-state index in [0.717, 1.165) is 37.2 Å². The second-order valence-electron chi connectivity index (χ2n) is 7.39. The number of likely N-dealkylation sites (tertiary alicyclic amines) is 1. The van der Waals surface area contributed by atoms with Crippen molar-refractivity contribution in [1.82, 2.24) is 10.2 Å². The minimum Gasteiger partial charge on any atom is -0.493 e. The predicted molar refractivity (Wildman–Crippen MR) is 113 cm³/mol. The first-order chi connectivity index (χ1) is 14.0. The van der Waals surface area contributed by atoms with Gasteiger partial charge in [-0.1, -0.05) is 24.3 Å². The number of amides is 1. The van der Waals surface area contributed by atoms with Crippen LogP contribution in [0.15, 0.2) is 48.5 Å². The zero-order valence-corrected chi connectivity index (χ0v) is 17.4. The quantitative estimate of drug-likeness (QED) is 0.740. The first-order valence-electron chi connectivity index (χ1n) is 10.1. The number of piperidine rings is 1. The molecule has 1 aliphatic heterocycles. The number of para-hydroxylation sites is 2. The molecule has 1 aliphatic rings. The summed E-state index contributed by atoms with van der Waals surface area (Å²) in [6.07, 6.45) is 1.76. The van der Waals surface area contributed by atoms with Crippen molar-refractivity contribution in [2.24, 2.45) is 0 Å². The van der Waals surface area contributed by atoms with E-state index in [1.165, 1.54) is 0 Å². The predicted octanol–water partition coefficient (Wildman–Crippen LogP) is 3.25. The number of nitrogens with one attached hydrogen (secondary N) is 1. The summed E-state index contributed by atoms with van der Waals surface area (Å²) < 4.78 is 17.1. The average Bonchev–Trinajstić information content (AvgIpc) is 2.75. The summed E-state index contributed by atoms with van der Waals surface area (Å²) in [5.74, 6) is 1.85. The lowest BCUT2D eigenvalue weighted by Crippen LogP contribution is -2.36. The molecule has 1 unspecified atom stereocenters. The largest absolute Gasteiger partial charge is 0.493 e. The van der Waals surface area contributed by atoms with Gasteiger partial charge in [0.15, 0.2) is 17.6 Å². The molecular weight excluding hydrogens is 368 g/mol. The molecule has 0 bridgehead atoms. The fourth-order valence-electron chi connectivity index (χ4n) is 3.27. The Hall–Kier alpha value is -2.73. The third-order valence-corrected chi connectivity index (χ3v) is 5.10. The van der Waals surface area contributed by atoms with Crippen LogP contribution in [0.1, 0.15) is 25.3 Å². The van der Waals surface area contributed by atoms with Crippen LogP contribution >= 0.6 is 0 Å². The second kappa shape index (κ2) is 10.2. The highest BCUT2D eigenvalue weighted by Crippen LogP contribution is 2.26. The first-order valence-corrected chi connectivity index (χ1v) is 10.1. The monoisotopic (exact) mass is 398 g/mol. The Morgan fingerprint density at radius 2 is 1.76 bits per heavy atom. The highest BCUT2D eigenvalue weighted by atomic mass is 16.5. The maximum Gasteiger partial charge on any atom is 0.261 e. The van der Waals surface area contributed by atoms with Gasteiger partial charge in [0.2, 0.25) is 0 Å². The third-order valence-electron chi connectivity index (χ3n) is 5.10. The van der Waals surface area contributed by atoms with Crippen LogP contribution in [0.4, 0.5) is 0 Å². The molecule has 6 nitrogen and oxygen atoms in total. The van der Waals surface area contributed by atoms with Gasteiger partial charge in [-0.3, -0.25) is 4.79 Å². The Kier molecular flexibility index (Phi) is 7.36. The fraction of sp³-hybridized carbons (Fsp3) is 0.435. The molecule has 0 saturated carbocycles. The molecule has 1 saturated heterocycles. The van der Waals surface area contributed by atoms with Gasteiger partial charge in [0.1, 0.15) is 11.9 Å². The van der Waals surface area contributed by atoms with E-state index < -0.39 is 6.10 Å². The summed E-state index contributed by atoms with van der Waals surface area (Å²) >= 11 is 0. The molecule has 0 spiro atoms. The van der Waals surface area contributed by atoms with Gasteiger partial charge in [-0.05, 0) is 56.6 Å². The maximum absolute atomic E-state index is 12.4. The van der Waals surface area contributed by atoms with Gasteiger partial charge in [-0.25, -0.2) is 0 Å². The fourth-order valence-corrected chi connectivity index (χ4v) is 3.27. The SMILES string of the molecule is COc1ccccc1OC(C)C(=O)NCc1ccc(OC2CCN(C)CC2)cc1. The van der Waals surface area contributed by atoms with Crippen LogP contribution in [0.2, 0.25) is 0 Å². The zero-order valence-electron chi connectivity index (χ0n) is 17.4. The van der Waals surface area contributed by atoms with Gasteiger partial charge >= 0.3 is 0 Å². The molecule has 0 radical (unpaired) electrons. The van der Waals surface area contributed by atoms with E-state index in [9.17, 15) is 4.79 Å². The Morgan fingerprint density at radius 1 is 1.10 bits per heavy atom. The summed E-state index contributed by atoms with van der Waals surface area (Å²) in [6, 6.07) is 15.2. The summed E-state index contributed by atoms with van der Waals surface area (Å²) in [5, 5.41) is 2.91. The Balaban J connectivity index is 1.46. The minimum absolute atomic E-state index is 0.178. The minimum atomic E-state index is -0.627. The number of carbonyl (C=O) groups excluding carboxylic acids is 1. The molecule has 1 fully saturated rings. The van der Waals surface area contributed by atoms with Crippen molar-refractivity contribution in [2.45, 2.75) is 38.5 Å². The summed E-state index contributed by atoms with van der Waals surface area (Å²) in [4.78, 5) is 14.7. The Bertz CT molecular complexity index is 786. The second-order valence-corrected chi connectivity index (χ2v) is 7.39. The van der Waals surface area contributed by atoms with Gasteiger partial charge in [-0.2, -0.15) is 0 Å². The van der Waals surface area contributed by atoms with E-state index in [1.807, 2.05) is 36.4 Å². The lowest BCUT2D eigenvalue weighted by Gasteiger charge is -2.29. The lowest BCUT2D eigenvalue weighted by atomic mass is 10.1. The number of nitrogens with zero attached hydrogens (tertiary/aromatic N) is 1. The van der Waals surface area contributed by atoms with Crippen molar-refractivity contribution < 1.29 is 19.0 Å². The summed E-state index contributed by atoms with van der Waals surface area (Å²) in [6.45, 7) is 4.31. The summed E-state index contributed by atoms with van der Waals surface area (Å²) in [5.41, 5.74) is 1.01. The molecule has 3 rings (SSSR count). The number of benzene rings is 2. The number of ether oxygens (including phenoxy) is 3. The Morgan fingerprint density at radius 3 is 2.41 bits per heavy atom. The van der Waals surface area contributed by atoms with Crippen molar-refractivity contribution in [1.29, 1.82) is 0 Å². The molecule has 0 aliphatic carbocycles. The van der Waals surface area contributed by atoms with Crippen LogP contribution in [0.5, 0.6) is 17.2 Å². The standard InChI is InChI=1S/C23H30N2O4/c1-17(28-22-7-5-4-6-21(22)27-3)23(26)24-16-18-8-10-19(11-9-18)29-20-12-14-25(2)15-13-20/h4-11,17,20H,12-16H2,1-3H3,(H,24,26). The van der Waals surface area contributed by atoms with Crippen molar-refractivity contribution in [3.8, 4) is 17.2 Å². The van der Waals surface area contributed by atoms with Crippen LogP contribution < -0.4 is 19.5 Å². The molecule has 0 aromatic heterocycles. The molecule has 1 atom stereocenters.